The minimum Gasteiger partial charge on any atom is -0.308 e. The van der Waals surface area contributed by atoms with E-state index in [4.69, 9.17) is 0 Å². The van der Waals surface area contributed by atoms with Crippen molar-refractivity contribution in [3.8, 4) is 0 Å². The summed E-state index contributed by atoms with van der Waals surface area (Å²) in [7, 11) is 0. The maximum absolute atomic E-state index is 13.1. The Morgan fingerprint density at radius 1 is 1.11 bits per heavy atom. The highest BCUT2D eigenvalue weighted by atomic mass is 19.1. The lowest BCUT2D eigenvalue weighted by molar-refractivity contribution is -0.385. The molecule has 0 spiro atoms. The Labute approximate surface area is 110 Å². The first-order valence-electron chi connectivity index (χ1n) is 5.84. The molecule has 0 unspecified atom stereocenters. The third kappa shape index (κ3) is 3.59. The van der Waals surface area contributed by atoms with Crippen LogP contribution in [0.3, 0.4) is 0 Å². The lowest BCUT2D eigenvalue weighted by Crippen LogP contribution is -2.14. The number of nitro groups is 1. The predicted octanol–water partition coefficient (Wildman–Crippen LogP) is 3.02. The van der Waals surface area contributed by atoms with Crippen LogP contribution in [-0.2, 0) is 13.1 Å². The fraction of sp³-hybridized carbons (Fsp3) is 0.143. The Morgan fingerprint density at radius 3 is 2.53 bits per heavy atom. The van der Waals surface area contributed by atoms with Crippen LogP contribution in [0.15, 0.2) is 48.5 Å². The van der Waals surface area contributed by atoms with Crippen molar-refractivity contribution in [3.05, 3.63) is 75.6 Å². The lowest BCUT2D eigenvalue weighted by Gasteiger charge is -2.06. The fourth-order valence-corrected chi connectivity index (χ4v) is 1.81. The zero-order valence-corrected chi connectivity index (χ0v) is 10.2. The second-order valence-electron chi connectivity index (χ2n) is 4.12. The number of hydrogen-bond donors (Lipinski definition) is 1. The summed E-state index contributed by atoms with van der Waals surface area (Å²) in [5.74, 6) is -0.470. The molecule has 1 N–H and O–H groups in total. The van der Waals surface area contributed by atoms with Crippen LogP contribution in [0, 0.1) is 15.9 Å². The van der Waals surface area contributed by atoms with Gasteiger partial charge < -0.3 is 5.32 Å². The van der Waals surface area contributed by atoms with Gasteiger partial charge in [0.25, 0.3) is 5.69 Å². The molecule has 0 amide bonds. The molecule has 5 heteroatoms. The molecular formula is C14H13FN2O2. The standard InChI is InChI=1S/C14H13FN2O2/c15-13-6-7-14(17(18)19)12(8-13)10-16-9-11-4-2-1-3-5-11/h1-8,16H,9-10H2. The van der Waals surface area contributed by atoms with Crippen LogP contribution in [0.2, 0.25) is 0 Å². The van der Waals surface area contributed by atoms with Gasteiger partial charge in [0.05, 0.1) is 4.92 Å². The second-order valence-corrected chi connectivity index (χ2v) is 4.12. The van der Waals surface area contributed by atoms with Crippen LogP contribution >= 0.6 is 0 Å². The second kappa shape index (κ2) is 6.06. The van der Waals surface area contributed by atoms with E-state index in [9.17, 15) is 14.5 Å². The molecule has 0 radical (unpaired) electrons. The topological polar surface area (TPSA) is 55.2 Å². The molecule has 4 nitrogen and oxygen atoms in total. The summed E-state index contributed by atoms with van der Waals surface area (Å²) in [6.45, 7) is 0.831. The number of rotatable bonds is 5. The van der Waals surface area contributed by atoms with E-state index in [-0.39, 0.29) is 12.2 Å². The molecule has 2 rings (SSSR count). The minimum atomic E-state index is -0.501. The average molecular weight is 260 g/mol. The number of hydrogen-bond acceptors (Lipinski definition) is 3. The van der Waals surface area contributed by atoms with Gasteiger partial charge in [-0.2, -0.15) is 0 Å². The van der Waals surface area contributed by atoms with Gasteiger partial charge in [0.15, 0.2) is 0 Å². The van der Waals surface area contributed by atoms with Gasteiger partial charge in [0.2, 0.25) is 0 Å². The summed E-state index contributed by atoms with van der Waals surface area (Å²) < 4.78 is 13.1. The smallest absolute Gasteiger partial charge is 0.274 e. The molecule has 0 aliphatic rings. The largest absolute Gasteiger partial charge is 0.308 e. The third-order valence-electron chi connectivity index (χ3n) is 2.73. The van der Waals surface area contributed by atoms with E-state index in [1.54, 1.807) is 0 Å². The van der Waals surface area contributed by atoms with E-state index in [1.165, 1.54) is 12.1 Å². The predicted molar refractivity (Wildman–Crippen MR) is 70.0 cm³/mol. The molecule has 0 aromatic heterocycles. The highest BCUT2D eigenvalue weighted by Crippen LogP contribution is 2.19. The van der Waals surface area contributed by atoms with Gasteiger partial charge in [0.1, 0.15) is 5.82 Å². The Balaban J connectivity index is 2.03. The van der Waals surface area contributed by atoms with Gasteiger partial charge in [-0.05, 0) is 17.7 Å². The SMILES string of the molecule is O=[N+]([O-])c1ccc(F)cc1CNCc1ccccc1. The van der Waals surface area contributed by atoms with E-state index in [1.807, 2.05) is 30.3 Å². The summed E-state index contributed by atoms with van der Waals surface area (Å²) in [6.07, 6.45) is 0. The molecule has 2 aromatic carbocycles. The van der Waals surface area contributed by atoms with E-state index >= 15 is 0 Å². The van der Waals surface area contributed by atoms with Crippen molar-refractivity contribution in [2.75, 3.05) is 0 Å². The van der Waals surface area contributed by atoms with E-state index in [0.29, 0.717) is 12.1 Å². The van der Waals surface area contributed by atoms with Crippen molar-refractivity contribution < 1.29 is 9.31 Å². The van der Waals surface area contributed by atoms with Crippen LogP contribution in [0.1, 0.15) is 11.1 Å². The molecule has 2 aromatic rings. The van der Waals surface area contributed by atoms with Crippen molar-refractivity contribution in [1.29, 1.82) is 0 Å². The maximum Gasteiger partial charge on any atom is 0.274 e. The molecule has 0 heterocycles. The fourth-order valence-electron chi connectivity index (χ4n) is 1.81. The molecule has 0 saturated carbocycles. The van der Waals surface area contributed by atoms with Gasteiger partial charge in [-0.15, -0.1) is 0 Å². The number of nitrogens with zero attached hydrogens (tertiary/aromatic N) is 1. The van der Waals surface area contributed by atoms with Crippen molar-refractivity contribution in [2.24, 2.45) is 0 Å². The van der Waals surface area contributed by atoms with Gasteiger partial charge in [-0.25, -0.2) is 4.39 Å². The summed E-state index contributed by atoms with van der Waals surface area (Å²) in [4.78, 5) is 10.3. The Hall–Kier alpha value is -2.27. The molecule has 19 heavy (non-hydrogen) atoms. The normalized spacial score (nSPS) is 10.4. The monoisotopic (exact) mass is 260 g/mol. The summed E-state index contributed by atoms with van der Waals surface area (Å²) in [5, 5.41) is 13.9. The number of nitrogens with one attached hydrogen (secondary N) is 1. The molecule has 0 saturated heterocycles. The average Bonchev–Trinajstić information content (AvgIpc) is 2.39. The zero-order chi connectivity index (χ0) is 13.7. The van der Waals surface area contributed by atoms with Gasteiger partial charge in [0, 0.05) is 24.7 Å². The molecule has 0 atom stereocenters. The molecule has 98 valence electrons. The third-order valence-corrected chi connectivity index (χ3v) is 2.73. The zero-order valence-electron chi connectivity index (χ0n) is 10.2. The summed E-state index contributed by atoms with van der Waals surface area (Å²) in [6, 6.07) is 13.1. The molecular weight excluding hydrogens is 247 g/mol. The number of halogens is 1. The van der Waals surface area contributed by atoms with Crippen LogP contribution in [0.5, 0.6) is 0 Å². The first-order valence-corrected chi connectivity index (χ1v) is 5.84. The van der Waals surface area contributed by atoms with Crippen LogP contribution in [0.25, 0.3) is 0 Å². The van der Waals surface area contributed by atoms with Crippen molar-refractivity contribution in [3.63, 3.8) is 0 Å². The first-order chi connectivity index (χ1) is 9.16. The van der Waals surface area contributed by atoms with Gasteiger partial charge in [-0.1, -0.05) is 30.3 Å². The summed E-state index contributed by atoms with van der Waals surface area (Å²) in [5.41, 5.74) is 1.35. The Kier molecular flexibility index (Phi) is 4.20. The number of nitro benzene ring substituents is 1. The van der Waals surface area contributed by atoms with Crippen molar-refractivity contribution >= 4 is 5.69 Å². The lowest BCUT2D eigenvalue weighted by atomic mass is 10.1. The van der Waals surface area contributed by atoms with Gasteiger partial charge >= 0.3 is 0 Å². The van der Waals surface area contributed by atoms with E-state index in [0.717, 1.165) is 11.6 Å². The van der Waals surface area contributed by atoms with Crippen molar-refractivity contribution in [2.45, 2.75) is 13.1 Å². The maximum atomic E-state index is 13.1. The Bertz CT molecular complexity index is 573. The Morgan fingerprint density at radius 2 is 1.84 bits per heavy atom. The highest BCUT2D eigenvalue weighted by molar-refractivity contribution is 5.40. The molecule has 0 bridgehead atoms. The van der Waals surface area contributed by atoms with E-state index < -0.39 is 10.7 Å². The van der Waals surface area contributed by atoms with Crippen molar-refractivity contribution in [1.82, 2.24) is 5.32 Å². The first kappa shape index (κ1) is 13.2. The van der Waals surface area contributed by atoms with Crippen LogP contribution in [-0.4, -0.2) is 4.92 Å². The van der Waals surface area contributed by atoms with Crippen LogP contribution in [0.4, 0.5) is 10.1 Å². The quantitative estimate of drug-likeness (QED) is 0.664. The molecule has 0 fully saturated rings. The van der Waals surface area contributed by atoms with Gasteiger partial charge in [-0.3, -0.25) is 10.1 Å². The number of benzene rings is 2. The minimum absolute atomic E-state index is 0.0676. The molecule has 0 aliphatic carbocycles. The molecule has 0 aliphatic heterocycles. The highest BCUT2D eigenvalue weighted by Gasteiger charge is 2.13. The van der Waals surface area contributed by atoms with E-state index in [2.05, 4.69) is 5.32 Å². The van der Waals surface area contributed by atoms with Crippen LogP contribution < -0.4 is 5.32 Å². The summed E-state index contributed by atoms with van der Waals surface area (Å²) >= 11 is 0.